The molecule has 0 bridgehead atoms. The molecule has 0 saturated carbocycles. The van der Waals surface area contributed by atoms with Gasteiger partial charge in [0.15, 0.2) is 0 Å². The number of hydrogen-bond donors (Lipinski definition) is 2. The zero-order chi connectivity index (χ0) is 24.7. The second-order valence-corrected chi connectivity index (χ2v) is 10.5. The molecule has 2 heterocycles. The molecular formula is C22H28N4O6S. The number of carbonyl (C=O) groups is 3. The summed E-state index contributed by atoms with van der Waals surface area (Å²) in [6.45, 7) is 8.04. The number of furan rings is 1. The number of sulfonamides is 1. The molecule has 1 unspecified atom stereocenters. The van der Waals surface area contributed by atoms with Crippen molar-refractivity contribution < 1.29 is 27.2 Å². The topological polar surface area (TPSA) is 129 Å². The van der Waals surface area contributed by atoms with Gasteiger partial charge >= 0.3 is 6.03 Å². The van der Waals surface area contributed by atoms with Crippen LogP contribution in [0.25, 0.3) is 0 Å². The van der Waals surface area contributed by atoms with E-state index >= 15 is 0 Å². The van der Waals surface area contributed by atoms with E-state index in [9.17, 15) is 22.8 Å². The second-order valence-electron chi connectivity index (χ2n) is 8.46. The molecule has 1 atom stereocenters. The SMILES string of the molecule is Cc1cc(C2(C)NC(=O)N(CC(=O)Nc3ccc(S(=O)(=O)N(C)C(C)C)cc3)C2=O)c(C)o1. The Labute approximate surface area is 193 Å². The van der Waals surface area contributed by atoms with E-state index in [-0.39, 0.29) is 10.9 Å². The summed E-state index contributed by atoms with van der Waals surface area (Å²) in [4.78, 5) is 38.9. The zero-order valence-electron chi connectivity index (χ0n) is 19.4. The van der Waals surface area contributed by atoms with Crippen molar-refractivity contribution in [2.75, 3.05) is 18.9 Å². The van der Waals surface area contributed by atoms with Gasteiger partial charge in [-0.05, 0) is 65.0 Å². The van der Waals surface area contributed by atoms with Gasteiger partial charge in [-0.3, -0.25) is 14.5 Å². The minimum atomic E-state index is -3.65. The summed E-state index contributed by atoms with van der Waals surface area (Å²) in [5.41, 5.74) is -0.468. The number of urea groups is 1. The van der Waals surface area contributed by atoms with Crippen LogP contribution in [0.5, 0.6) is 0 Å². The van der Waals surface area contributed by atoms with Crippen LogP contribution in [-0.4, -0.2) is 55.1 Å². The summed E-state index contributed by atoms with van der Waals surface area (Å²) in [6, 6.07) is 6.47. The van der Waals surface area contributed by atoms with Crippen LogP contribution in [0.15, 0.2) is 39.6 Å². The first-order valence-corrected chi connectivity index (χ1v) is 11.8. The highest BCUT2D eigenvalue weighted by atomic mass is 32.2. The normalized spacial score (nSPS) is 18.8. The van der Waals surface area contributed by atoms with Crippen molar-refractivity contribution >= 4 is 33.6 Å². The molecule has 1 aromatic heterocycles. The monoisotopic (exact) mass is 476 g/mol. The molecule has 4 amide bonds. The van der Waals surface area contributed by atoms with Gasteiger partial charge in [-0.15, -0.1) is 0 Å². The number of benzene rings is 1. The van der Waals surface area contributed by atoms with Crippen molar-refractivity contribution in [1.29, 1.82) is 0 Å². The summed E-state index contributed by atoms with van der Waals surface area (Å²) in [5, 5.41) is 5.22. The molecule has 1 aliphatic heterocycles. The lowest BCUT2D eigenvalue weighted by Crippen LogP contribution is -2.42. The highest BCUT2D eigenvalue weighted by Gasteiger charge is 2.51. The van der Waals surface area contributed by atoms with E-state index in [1.807, 2.05) is 0 Å². The van der Waals surface area contributed by atoms with Gasteiger partial charge in [0.2, 0.25) is 15.9 Å². The predicted octanol–water partition coefficient (Wildman–Crippen LogP) is 2.33. The van der Waals surface area contributed by atoms with Gasteiger partial charge in [-0.1, -0.05) is 0 Å². The Morgan fingerprint density at radius 2 is 1.82 bits per heavy atom. The Bertz CT molecular complexity index is 1200. The Morgan fingerprint density at radius 1 is 1.21 bits per heavy atom. The number of nitrogens with zero attached hydrogens (tertiary/aromatic N) is 2. The molecule has 0 spiro atoms. The molecule has 1 aromatic carbocycles. The second kappa shape index (κ2) is 8.64. The molecule has 10 nitrogen and oxygen atoms in total. The minimum Gasteiger partial charge on any atom is -0.466 e. The summed E-state index contributed by atoms with van der Waals surface area (Å²) in [5.74, 6) is -0.0532. The molecule has 1 saturated heterocycles. The maximum absolute atomic E-state index is 13.0. The quantitative estimate of drug-likeness (QED) is 0.590. The third-order valence-electron chi connectivity index (χ3n) is 5.70. The van der Waals surface area contributed by atoms with Crippen LogP contribution < -0.4 is 10.6 Å². The van der Waals surface area contributed by atoms with Gasteiger partial charge < -0.3 is 15.1 Å². The van der Waals surface area contributed by atoms with E-state index in [2.05, 4.69) is 10.6 Å². The lowest BCUT2D eigenvalue weighted by atomic mass is 9.92. The molecule has 0 radical (unpaired) electrons. The highest BCUT2D eigenvalue weighted by Crippen LogP contribution is 2.32. The lowest BCUT2D eigenvalue weighted by molar-refractivity contribution is -0.133. The fourth-order valence-electron chi connectivity index (χ4n) is 3.65. The van der Waals surface area contributed by atoms with Crippen LogP contribution in [0.2, 0.25) is 0 Å². The van der Waals surface area contributed by atoms with E-state index in [0.717, 1.165) is 4.90 Å². The van der Waals surface area contributed by atoms with Gasteiger partial charge in [-0.25, -0.2) is 13.2 Å². The predicted molar refractivity (Wildman–Crippen MR) is 121 cm³/mol. The van der Waals surface area contributed by atoms with Crippen molar-refractivity contribution in [3.05, 3.63) is 47.4 Å². The molecule has 0 aliphatic carbocycles. The molecule has 1 fully saturated rings. The smallest absolute Gasteiger partial charge is 0.325 e. The highest BCUT2D eigenvalue weighted by molar-refractivity contribution is 7.89. The largest absolute Gasteiger partial charge is 0.466 e. The van der Waals surface area contributed by atoms with Crippen LogP contribution in [0, 0.1) is 13.8 Å². The maximum Gasteiger partial charge on any atom is 0.325 e. The number of hydrogen-bond acceptors (Lipinski definition) is 6. The van der Waals surface area contributed by atoms with E-state index < -0.39 is 40.0 Å². The van der Waals surface area contributed by atoms with Crippen LogP contribution in [0.3, 0.4) is 0 Å². The van der Waals surface area contributed by atoms with E-state index in [1.165, 1.54) is 35.6 Å². The summed E-state index contributed by atoms with van der Waals surface area (Å²) >= 11 is 0. The summed E-state index contributed by atoms with van der Waals surface area (Å²) in [7, 11) is -2.16. The molecule has 33 heavy (non-hydrogen) atoms. The minimum absolute atomic E-state index is 0.0901. The van der Waals surface area contributed by atoms with Crippen molar-refractivity contribution in [2.24, 2.45) is 0 Å². The number of amides is 4. The first-order valence-electron chi connectivity index (χ1n) is 10.4. The van der Waals surface area contributed by atoms with Crippen molar-refractivity contribution in [3.63, 3.8) is 0 Å². The molecule has 2 aromatic rings. The lowest BCUT2D eigenvalue weighted by Gasteiger charge is -2.21. The van der Waals surface area contributed by atoms with Crippen LogP contribution in [-0.2, 0) is 25.2 Å². The zero-order valence-corrected chi connectivity index (χ0v) is 20.2. The average Bonchev–Trinajstić information content (AvgIpc) is 3.18. The van der Waals surface area contributed by atoms with Crippen molar-refractivity contribution in [1.82, 2.24) is 14.5 Å². The van der Waals surface area contributed by atoms with E-state index in [4.69, 9.17) is 4.42 Å². The van der Waals surface area contributed by atoms with Crippen LogP contribution in [0.1, 0.15) is 37.9 Å². The fraction of sp³-hybridized carbons (Fsp3) is 0.409. The first-order chi connectivity index (χ1) is 15.3. The number of carbonyl (C=O) groups excluding carboxylic acids is 3. The first kappa shape index (κ1) is 24.5. The molecular weight excluding hydrogens is 448 g/mol. The van der Waals surface area contributed by atoms with Gasteiger partial charge in [0.25, 0.3) is 5.91 Å². The molecule has 2 N–H and O–H groups in total. The van der Waals surface area contributed by atoms with Gasteiger partial charge in [0.05, 0.1) is 4.90 Å². The Morgan fingerprint density at radius 3 is 2.33 bits per heavy atom. The third kappa shape index (κ3) is 4.51. The van der Waals surface area contributed by atoms with Crippen molar-refractivity contribution in [3.8, 4) is 0 Å². The number of aryl methyl sites for hydroxylation is 2. The maximum atomic E-state index is 13.0. The third-order valence-corrected chi connectivity index (χ3v) is 7.75. The van der Waals surface area contributed by atoms with E-state index in [0.29, 0.717) is 22.8 Å². The molecule has 1 aliphatic rings. The van der Waals surface area contributed by atoms with Crippen LogP contribution >= 0.6 is 0 Å². The van der Waals surface area contributed by atoms with Crippen molar-refractivity contribution in [2.45, 2.75) is 51.1 Å². The summed E-state index contributed by atoms with van der Waals surface area (Å²) in [6.07, 6.45) is 0. The standard InChI is InChI=1S/C22H28N4O6S/c1-13(2)25(6)33(30,31)17-9-7-16(8-10-17)23-19(27)12-26-20(28)22(5,24-21(26)29)18-11-14(3)32-15(18)4/h7-11,13H,12H2,1-6H3,(H,23,27)(H,24,29). The number of rotatable bonds is 7. The number of imide groups is 1. The van der Waals surface area contributed by atoms with Gasteiger partial charge in [0, 0.05) is 24.3 Å². The fourth-order valence-corrected chi connectivity index (χ4v) is 5.02. The molecule has 11 heteroatoms. The number of nitrogens with one attached hydrogen (secondary N) is 2. The van der Waals surface area contributed by atoms with Gasteiger partial charge in [-0.2, -0.15) is 4.31 Å². The van der Waals surface area contributed by atoms with E-state index in [1.54, 1.807) is 40.7 Å². The Balaban J connectivity index is 1.70. The van der Waals surface area contributed by atoms with Crippen LogP contribution in [0.4, 0.5) is 10.5 Å². The Kier molecular flexibility index (Phi) is 6.40. The molecule has 178 valence electrons. The average molecular weight is 477 g/mol. The number of anilines is 1. The Hall–Kier alpha value is -3.18. The van der Waals surface area contributed by atoms with Gasteiger partial charge in [0.1, 0.15) is 23.6 Å². The summed E-state index contributed by atoms with van der Waals surface area (Å²) < 4.78 is 31.8. The molecule has 3 rings (SSSR count).